The topological polar surface area (TPSA) is 29.5 Å². The second-order valence-electron chi connectivity index (χ2n) is 4.95. The summed E-state index contributed by atoms with van der Waals surface area (Å²) in [4.78, 5) is 14.4. The zero-order valence-electron chi connectivity index (χ0n) is 11.5. The van der Waals surface area contributed by atoms with Crippen LogP contribution in [0.5, 0.6) is 0 Å². The van der Waals surface area contributed by atoms with Crippen LogP contribution in [-0.2, 0) is 4.74 Å². The lowest BCUT2D eigenvalue weighted by atomic mass is 10.0. The Morgan fingerprint density at radius 1 is 1.53 bits per heavy atom. The van der Waals surface area contributed by atoms with Gasteiger partial charge in [-0.2, -0.15) is 0 Å². The third-order valence-electron chi connectivity index (χ3n) is 3.49. The smallest absolute Gasteiger partial charge is 0.254 e. The number of hydrogen-bond acceptors (Lipinski definition) is 2. The molecule has 1 aromatic carbocycles. The normalized spacial score (nSPS) is 19.2. The largest absolute Gasteiger partial charge is 0.372 e. The molecule has 0 spiro atoms. The summed E-state index contributed by atoms with van der Waals surface area (Å²) in [6.45, 7) is 7.68. The van der Waals surface area contributed by atoms with E-state index in [0.717, 1.165) is 30.5 Å². The first-order chi connectivity index (χ1) is 9.22. The van der Waals surface area contributed by atoms with Crippen LogP contribution in [0.1, 0.15) is 28.8 Å². The van der Waals surface area contributed by atoms with Crippen molar-refractivity contribution in [2.75, 3.05) is 19.7 Å². The van der Waals surface area contributed by atoms with Crippen molar-refractivity contribution in [3.63, 3.8) is 0 Å². The number of nitrogens with zero attached hydrogens (tertiary/aromatic N) is 1. The van der Waals surface area contributed by atoms with Crippen LogP contribution in [0.3, 0.4) is 0 Å². The Kier molecular flexibility index (Phi) is 4.74. The minimum Gasteiger partial charge on any atom is -0.372 e. The van der Waals surface area contributed by atoms with Crippen molar-refractivity contribution < 1.29 is 9.53 Å². The number of rotatable bonds is 4. The van der Waals surface area contributed by atoms with Gasteiger partial charge in [0.15, 0.2) is 0 Å². The fourth-order valence-corrected chi connectivity index (χ4v) is 2.45. The molecule has 19 heavy (non-hydrogen) atoms. The number of carbonyl (C=O) groups is 1. The summed E-state index contributed by atoms with van der Waals surface area (Å²) in [6, 6.07) is 7.74. The van der Waals surface area contributed by atoms with Crippen LogP contribution in [0.4, 0.5) is 0 Å². The second-order valence-corrected chi connectivity index (χ2v) is 4.95. The number of ether oxygens (including phenoxy) is 1. The molecule has 0 aromatic heterocycles. The first-order valence-electron chi connectivity index (χ1n) is 6.79. The van der Waals surface area contributed by atoms with Crippen molar-refractivity contribution in [3.8, 4) is 0 Å². The molecule has 102 valence electrons. The standard InChI is InChI=1S/C16H21NO2/c1-3-11-19-14-8-6-10-17(12-14)16(18)15-9-5-4-7-13(15)2/h3-5,7,9,14H,1,6,8,10-12H2,2H3. The number of aryl methyl sites for hydroxylation is 1. The van der Waals surface area contributed by atoms with E-state index in [4.69, 9.17) is 4.74 Å². The van der Waals surface area contributed by atoms with E-state index in [9.17, 15) is 4.79 Å². The third-order valence-corrected chi connectivity index (χ3v) is 3.49. The summed E-state index contributed by atoms with van der Waals surface area (Å²) in [5.41, 5.74) is 1.83. The maximum absolute atomic E-state index is 12.5. The molecule has 2 rings (SSSR count). The molecule has 0 bridgehead atoms. The van der Waals surface area contributed by atoms with Crippen molar-refractivity contribution in [2.45, 2.75) is 25.9 Å². The van der Waals surface area contributed by atoms with Gasteiger partial charge in [0.1, 0.15) is 0 Å². The van der Waals surface area contributed by atoms with Gasteiger partial charge in [-0.1, -0.05) is 24.3 Å². The molecule has 3 heteroatoms. The molecule has 1 unspecified atom stereocenters. The minimum atomic E-state index is 0.116. The predicted octanol–water partition coefficient (Wildman–Crippen LogP) is 2.80. The molecule has 1 heterocycles. The number of likely N-dealkylation sites (tertiary alicyclic amines) is 1. The van der Waals surface area contributed by atoms with Gasteiger partial charge in [-0.25, -0.2) is 0 Å². The van der Waals surface area contributed by atoms with Crippen LogP contribution in [-0.4, -0.2) is 36.6 Å². The number of benzene rings is 1. The molecule has 0 aliphatic carbocycles. The van der Waals surface area contributed by atoms with Gasteiger partial charge in [-0.15, -0.1) is 6.58 Å². The summed E-state index contributed by atoms with van der Waals surface area (Å²) < 4.78 is 5.67. The van der Waals surface area contributed by atoms with Crippen molar-refractivity contribution in [3.05, 3.63) is 48.0 Å². The van der Waals surface area contributed by atoms with Crippen molar-refractivity contribution in [2.24, 2.45) is 0 Å². The SMILES string of the molecule is C=CCOC1CCCN(C(=O)c2ccccc2C)C1. The Bertz CT molecular complexity index is 456. The molecule has 1 aliphatic rings. The summed E-state index contributed by atoms with van der Waals surface area (Å²) in [5.74, 6) is 0.116. The van der Waals surface area contributed by atoms with Crippen molar-refractivity contribution in [1.29, 1.82) is 0 Å². The quantitative estimate of drug-likeness (QED) is 0.778. The lowest BCUT2D eigenvalue weighted by Crippen LogP contribution is -2.43. The van der Waals surface area contributed by atoms with Gasteiger partial charge in [-0.05, 0) is 31.4 Å². The highest BCUT2D eigenvalue weighted by Crippen LogP contribution is 2.17. The number of hydrogen-bond donors (Lipinski definition) is 0. The maximum Gasteiger partial charge on any atom is 0.254 e. The van der Waals surface area contributed by atoms with Gasteiger partial charge in [-0.3, -0.25) is 4.79 Å². The summed E-state index contributed by atoms with van der Waals surface area (Å²) >= 11 is 0. The van der Waals surface area contributed by atoms with Gasteiger partial charge in [0, 0.05) is 18.7 Å². The van der Waals surface area contributed by atoms with Gasteiger partial charge in [0.25, 0.3) is 5.91 Å². The molecule has 3 nitrogen and oxygen atoms in total. The Labute approximate surface area is 114 Å². The zero-order chi connectivity index (χ0) is 13.7. The monoisotopic (exact) mass is 259 g/mol. The molecular weight excluding hydrogens is 238 g/mol. The van der Waals surface area contributed by atoms with Crippen LogP contribution in [0, 0.1) is 6.92 Å². The van der Waals surface area contributed by atoms with Crippen molar-refractivity contribution in [1.82, 2.24) is 4.90 Å². The summed E-state index contributed by atoms with van der Waals surface area (Å²) in [6.07, 6.45) is 3.91. The zero-order valence-corrected chi connectivity index (χ0v) is 11.5. The fraction of sp³-hybridized carbons (Fsp3) is 0.438. The molecule has 0 N–H and O–H groups in total. The van der Waals surface area contributed by atoms with Crippen molar-refractivity contribution >= 4 is 5.91 Å². The van der Waals surface area contributed by atoms with Crippen LogP contribution < -0.4 is 0 Å². The highest BCUT2D eigenvalue weighted by Gasteiger charge is 2.25. The van der Waals surface area contributed by atoms with E-state index in [1.54, 1.807) is 6.08 Å². The average molecular weight is 259 g/mol. The number of piperidine rings is 1. The first kappa shape index (κ1) is 13.8. The van der Waals surface area contributed by atoms with Crippen LogP contribution >= 0.6 is 0 Å². The highest BCUT2D eigenvalue weighted by molar-refractivity contribution is 5.95. The molecule has 0 radical (unpaired) electrons. The van der Waals surface area contributed by atoms with E-state index in [-0.39, 0.29) is 12.0 Å². The van der Waals surface area contributed by atoms with E-state index in [2.05, 4.69) is 6.58 Å². The lowest BCUT2D eigenvalue weighted by Gasteiger charge is -2.32. The Balaban J connectivity index is 2.03. The molecule has 0 saturated carbocycles. The molecule has 1 amide bonds. The Hall–Kier alpha value is -1.61. The number of carbonyl (C=O) groups excluding carboxylic acids is 1. The third kappa shape index (κ3) is 3.44. The summed E-state index contributed by atoms with van der Waals surface area (Å²) in [5, 5.41) is 0. The van der Waals surface area contributed by atoms with Crippen LogP contribution in [0.25, 0.3) is 0 Å². The predicted molar refractivity (Wildman–Crippen MR) is 76.3 cm³/mol. The van der Waals surface area contributed by atoms with Crippen LogP contribution in [0.15, 0.2) is 36.9 Å². The molecule has 1 aromatic rings. The molecular formula is C16H21NO2. The fourth-order valence-electron chi connectivity index (χ4n) is 2.45. The molecule has 1 atom stereocenters. The number of amides is 1. The molecule has 1 fully saturated rings. The Morgan fingerprint density at radius 2 is 2.32 bits per heavy atom. The minimum absolute atomic E-state index is 0.116. The van der Waals surface area contributed by atoms with Gasteiger partial charge in [0.05, 0.1) is 12.7 Å². The van der Waals surface area contributed by atoms with E-state index in [0.29, 0.717) is 13.2 Å². The Morgan fingerprint density at radius 3 is 3.05 bits per heavy atom. The maximum atomic E-state index is 12.5. The lowest BCUT2D eigenvalue weighted by molar-refractivity contribution is 0.0134. The van der Waals surface area contributed by atoms with E-state index in [1.165, 1.54) is 0 Å². The molecule has 1 saturated heterocycles. The van der Waals surface area contributed by atoms with E-state index < -0.39 is 0 Å². The molecule has 1 aliphatic heterocycles. The van der Waals surface area contributed by atoms with E-state index >= 15 is 0 Å². The van der Waals surface area contributed by atoms with Gasteiger partial charge < -0.3 is 9.64 Å². The highest BCUT2D eigenvalue weighted by atomic mass is 16.5. The summed E-state index contributed by atoms with van der Waals surface area (Å²) in [7, 11) is 0. The van der Waals surface area contributed by atoms with Gasteiger partial charge >= 0.3 is 0 Å². The average Bonchev–Trinajstić information content (AvgIpc) is 2.45. The second kappa shape index (κ2) is 6.53. The van der Waals surface area contributed by atoms with Crippen LogP contribution in [0.2, 0.25) is 0 Å². The van der Waals surface area contributed by atoms with Gasteiger partial charge in [0.2, 0.25) is 0 Å². The van der Waals surface area contributed by atoms with E-state index in [1.807, 2.05) is 36.1 Å². The first-order valence-corrected chi connectivity index (χ1v) is 6.79.